The van der Waals surface area contributed by atoms with Gasteiger partial charge in [-0.3, -0.25) is 9.69 Å². The fraction of sp³-hybridized carbons (Fsp3) is 0.409. The quantitative estimate of drug-likeness (QED) is 0.911. The van der Waals surface area contributed by atoms with Crippen molar-refractivity contribution in [2.75, 3.05) is 36.4 Å². The van der Waals surface area contributed by atoms with Gasteiger partial charge in [-0.05, 0) is 63.1 Å². The van der Waals surface area contributed by atoms with Gasteiger partial charge in [-0.2, -0.15) is 0 Å². The third kappa shape index (κ3) is 3.91. The first-order valence-electron chi connectivity index (χ1n) is 9.57. The van der Waals surface area contributed by atoms with E-state index in [1.165, 1.54) is 18.5 Å². The molecule has 2 aromatic carbocycles. The van der Waals surface area contributed by atoms with Crippen LogP contribution in [0.1, 0.15) is 34.3 Å². The summed E-state index contributed by atoms with van der Waals surface area (Å²) in [6.07, 6.45) is 2.77. The zero-order valence-corrected chi connectivity index (χ0v) is 15.7. The lowest BCUT2D eigenvalue weighted by Gasteiger charge is -2.36. The van der Waals surface area contributed by atoms with Crippen molar-refractivity contribution in [1.82, 2.24) is 4.90 Å². The van der Waals surface area contributed by atoms with Crippen molar-refractivity contribution in [2.24, 2.45) is 0 Å². The van der Waals surface area contributed by atoms with E-state index in [1.807, 2.05) is 38.1 Å². The number of rotatable bonds is 4. The Morgan fingerprint density at radius 1 is 0.923 bits per heavy atom. The maximum absolute atomic E-state index is 12.5. The van der Waals surface area contributed by atoms with Crippen LogP contribution >= 0.6 is 0 Å². The van der Waals surface area contributed by atoms with Crippen molar-refractivity contribution >= 4 is 17.3 Å². The predicted molar refractivity (Wildman–Crippen MR) is 107 cm³/mol. The highest BCUT2D eigenvalue weighted by Gasteiger charge is 2.31. The lowest BCUT2D eigenvalue weighted by molar-refractivity contribution is 0.102. The van der Waals surface area contributed by atoms with Crippen LogP contribution < -0.4 is 10.2 Å². The van der Waals surface area contributed by atoms with Crippen LogP contribution in [0.4, 0.5) is 11.4 Å². The van der Waals surface area contributed by atoms with E-state index in [0.717, 1.165) is 49.0 Å². The Morgan fingerprint density at radius 2 is 1.54 bits per heavy atom. The van der Waals surface area contributed by atoms with Crippen molar-refractivity contribution in [3.63, 3.8) is 0 Å². The van der Waals surface area contributed by atoms with E-state index in [2.05, 4.69) is 33.3 Å². The van der Waals surface area contributed by atoms with Gasteiger partial charge >= 0.3 is 0 Å². The molecule has 1 saturated heterocycles. The number of carbonyl (C=O) groups excluding carboxylic acids is 1. The molecule has 136 valence electrons. The number of nitrogens with zero attached hydrogens (tertiary/aromatic N) is 2. The van der Waals surface area contributed by atoms with E-state index in [0.29, 0.717) is 5.56 Å². The minimum atomic E-state index is -0.0532. The normalized spacial score (nSPS) is 18.0. The molecule has 1 aliphatic heterocycles. The topological polar surface area (TPSA) is 35.6 Å². The first-order valence-corrected chi connectivity index (χ1v) is 9.57. The molecule has 1 amide bonds. The smallest absolute Gasteiger partial charge is 0.255 e. The summed E-state index contributed by atoms with van der Waals surface area (Å²) in [5.74, 6) is -0.0532. The van der Waals surface area contributed by atoms with Crippen LogP contribution in [0.15, 0.2) is 42.5 Å². The number of amides is 1. The number of carbonyl (C=O) groups is 1. The Hall–Kier alpha value is -2.33. The molecule has 0 bridgehead atoms. The van der Waals surface area contributed by atoms with Crippen LogP contribution in [-0.2, 0) is 0 Å². The highest BCUT2D eigenvalue weighted by atomic mass is 16.1. The molecule has 1 aliphatic carbocycles. The fourth-order valence-corrected chi connectivity index (χ4v) is 3.85. The van der Waals surface area contributed by atoms with Gasteiger partial charge in [-0.15, -0.1) is 0 Å². The molecular weight excluding hydrogens is 322 g/mol. The molecule has 1 saturated carbocycles. The van der Waals surface area contributed by atoms with Crippen molar-refractivity contribution in [1.29, 1.82) is 0 Å². The van der Waals surface area contributed by atoms with Crippen LogP contribution in [0.25, 0.3) is 0 Å². The molecule has 0 radical (unpaired) electrons. The molecule has 0 atom stereocenters. The first-order chi connectivity index (χ1) is 12.6. The van der Waals surface area contributed by atoms with E-state index in [-0.39, 0.29) is 5.91 Å². The molecule has 0 unspecified atom stereocenters. The Morgan fingerprint density at radius 3 is 2.12 bits per heavy atom. The lowest BCUT2D eigenvalue weighted by Crippen LogP contribution is -2.47. The molecule has 4 heteroatoms. The summed E-state index contributed by atoms with van der Waals surface area (Å²) in [5, 5.41) is 3.01. The number of anilines is 2. The van der Waals surface area contributed by atoms with Crippen LogP contribution in [0.5, 0.6) is 0 Å². The first kappa shape index (κ1) is 17.1. The average Bonchev–Trinajstić information content (AvgIpc) is 3.47. The van der Waals surface area contributed by atoms with Crippen LogP contribution in [-0.4, -0.2) is 43.0 Å². The SMILES string of the molecule is Cc1cc(C)cc(C(=O)Nc2ccc(N3CCN(C4CC4)CC3)cc2)c1. The molecule has 1 N–H and O–H groups in total. The Labute approximate surface area is 155 Å². The van der Waals surface area contributed by atoms with Crippen molar-refractivity contribution in [3.05, 3.63) is 59.2 Å². The number of piperazine rings is 1. The van der Waals surface area contributed by atoms with Gasteiger partial charge in [0.1, 0.15) is 0 Å². The van der Waals surface area contributed by atoms with E-state index < -0.39 is 0 Å². The van der Waals surface area contributed by atoms with Gasteiger partial charge in [0.2, 0.25) is 0 Å². The highest BCUT2D eigenvalue weighted by Crippen LogP contribution is 2.28. The number of benzene rings is 2. The zero-order valence-electron chi connectivity index (χ0n) is 15.7. The van der Waals surface area contributed by atoms with Gasteiger partial charge in [0.15, 0.2) is 0 Å². The van der Waals surface area contributed by atoms with E-state index in [1.54, 1.807) is 0 Å². The molecule has 26 heavy (non-hydrogen) atoms. The summed E-state index contributed by atoms with van der Waals surface area (Å²) >= 11 is 0. The second-order valence-corrected chi connectivity index (χ2v) is 7.63. The number of nitrogens with one attached hydrogen (secondary N) is 1. The largest absolute Gasteiger partial charge is 0.369 e. The average molecular weight is 349 g/mol. The zero-order chi connectivity index (χ0) is 18.1. The summed E-state index contributed by atoms with van der Waals surface area (Å²) in [5.41, 5.74) is 5.01. The summed E-state index contributed by atoms with van der Waals surface area (Å²) in [4.78, 5) is 17.5. The molecule has 0 aromatic heterocycles. The molecule has 4 nitrogen and oxygen atoms in total. The summed E-state index contributed by atoms with van der Waals surface area (Å²) in [6, 6.07) is 15.0. The number of aryl methyl sites for hydroxylation is 2. The van der Waals surface area contributed by atoms with Crippen LogP contribution in [0.2, 0.25) is 0 Å². The van der Waals surface area contributed by atoms with Crippen molar-refractivity contribution < 1.29 is 4.79 Å². The lowest BCUT2D eigenvalue weighted by atomic mass is 10.1. The van der Waals surface area contributed by atoms with Gasteiger partial charge in [0, 0.05) is 49.2 Å². The standard InChI is InChI=1S/C22H27N3O/c1-16-13-17(2)15-18(14-16)22(26)23-19-3-5-20(6-4-19)24-9-11-25(12-10-24)21-7-8-21/h3-6,13-15,21H,7-12H2,1-2H3,(H,23,26). The van der Waals surface area contributed by atoms with Crippen LogP contribution in [0.3, 0.4) is 0 Å². The maximum atomic E-state index is 12.5. The third-order valence-electron chi connectivity index (χ3n) is 5.35. The fourth-order valence-electron chi connectivity index (χ4n) is 3.85. The van der Waals surface area contributed by atoms with Crippen molar-refractivity contribution in [2.45, 2.75) is 32.7 Å². The molecule has 2 aromatic rings. The monoisotopic (exact) mass is 349 g/mol. The maximum Gasteiger partial charge on any atom is 0.255 e. The molecule has 0 spiro atoms. The Kier molecular flexibility index (Phi) is 4.68. The van der Waals surface area contributed by atoms with Gasteiger partial charge in [0.05, 0.1) is 0 Å². The molecular formula is C22H27N3O. The molecule has 1 heterocycles. The van der Waals surface area contributed by atoms with Crippen molar-refractivity contribution in [3.8, 4) is 0 Å². The summed E-state index contributed by atoms with van der Waals surface area (Å²) in [7, 11) is 0. The number of hydrogen-bond acceptors (Lipinski definition) is 3. The minimum Gasteiger partial charge on any atom is -0.369 e. The number of hydrogen-bond donors (Lipinski definition) is 1. The van der Waals surface area contributed by atoms with E-state index >= 15 is 0 Å². The second kappa shape index (κ2) is 7.12. The Balaban J connectivity index is 1.37. The van der Waals surface area contributed by atoms with Gasteiger partial charge in [-0.1, -0.05) is 17.2 Å². The van der Waals surface area contributed by atoms with Gasteiger partial charge in [-0.25, -0.2) is 0 Å². The summed E-state index contributed by atoms with van der Waals surface area (Å²) < 4.78 is 0. The van der Waals surface area contributed by atoms with E-state index in [4.69, 9.17) is 0 Å². The minimum absolute atomic E-state index is 0.0532. The highest BCUT2D eigenvalue weighted by molar-refractivity contribution is 6.04. The second-order valence-electron chi connectivity index (χ2n) is 7.63. The predicted octanol–water partition coefficient (Wildman–Crippen LogP) is 3.84. The van der Waals surface area contributed by atoms with Crippen LogP contribution in [0, 0.1) is 13.8 Å². The molecule has 2 fully saturated rings. The molecule has 2 aliphatic rings. The third-order valence-corrected chi connectivity index (χ3v) is 5.35. The Bertz CT molecular complexity index is 767. The van der Waals surface area contributed by atoms with Gasteiger partial charge < -0.3 is 10.2 Å². The molecule has 4 rings (SSSR count). The van der Waals surface area contributed by atoms with E-state index in [9.17, 15) is 4.79 Å². The summed E-state index contributed by atoms with van der Waals surface area (Å²) in [6.45, 7) is 8.53. The van der Waals surface area contributed by atoms with Gasteiger partial charge in [0.25, 0.3) is 5.91 Å².